The van der Waals surface area contributed by atoms with E-state index in [0.29, 0.717) is 10.5 Å². The first-order valence-corrected chi connectivity index (χ1v) is 13.3. The molecule has 1 unspecified atom stereocenters. The molecule has 2 nitrogen and oxygen atoms in total. The summed E-state index contributed by atoms with van der Waals surface area (Å²) in [6.07, 6.45) is -4.73. The molecule has 0 aliphatic rings. The van der Waals surface area contributed by atoms with Gasteiger partial charge in [0.25, 0.3) is 0 Å². The van der Waals surface area contributed by atoms with Crippen molar-refractivity contribution in [3.8, 4) is 0 Å². The van der Waals surface area contributed by atoms with Crippen LogP contribution in [0.5, 0.6) is 0 Å². The lowest BCUT2D eigenvalue weighted by Crippen LogP contribution is -2.32. The zero-order valence-electron chi connectivity index (χ0n) is 8.73. The molecule has 0 bridgehead atoms. The van der Waals surface area contributed by atoms with Gasteiger partial charge in [-0.3, -0.25) is 0 Å². The van der Waals surface area contributed by atoms with Gasteiger partial charge in [0.15, 0.2) is 26.9 Å². The summed E-state index contributed by atoms with van der Waals surface area (Å²) in [5, 5.41) is 0. The second-order valence-corrected chi connectivity index (χ2v) is 14.6. The first-order chi connectivity index (χ1) is 6.35. The van der Waals surface area contributed by atoms with Gasteiger partial charge in [-0.25, -0.2) is 0 Å². The lowest BCUT2D eigenvalue weighted by Gasteiger charge is -2.16. The maximum Gasteiger partial charge on any atom is 0.388 e. The Hall–Kier alpha value is 0.578. The van der Waals surface area contributed by atoms with Gasteiger partial charge in [-0.05, 0) is 19.1 Å². The van der Waals surface area contributed by atoms with Crippen LogP contribution in [-0.2, 0) is 8.23 Å². The van der Waals surface area contributed by atoms with E-state index in [0.717, 1.165) is 0 Å². The van der Waals surface area contributed by atoms with Crippen LogP contribution in [0.25, 0.3) is 0 Å². The van der Waals surface area contributed by atoms with Crippen LogP contribution in [0.1, 0.15) is 6.42 Å². The highest BCUT2D eigenvalue weighted by Gasteiger charge is 2.29. The highest BCUT2D eigenvalue weighted by atomic mass is 29.2. The molecule has 9 heteroatoms. The minimum atomic E-state index is -4.03. The molecular weight excluding hydrogens is 261 g/mol. The van der Waals surface area contributed by atoms with Crippen LogP contribution in [0.4, 0.5) is 13.2 Å². The van der Waals surface area contributed by atoms with E-state index >= 15 is 0 Å². The lowest BCUT2D eigenvalue weighted by molar-refractivity contribution is -0.130. The maximum atomic E-state index is 11.9. The van der Waals surface area contributed by atoms with E-state index in [2.05, 4.69) is 0 Å². The summed E-state index contributed by atoms with van der Waals surface area (Å²) in [6.45, 7) is 4.07. The minimum Gasteiger partial charge on any atom is -0.466 e. The third-order valence-corrected chi connectivity index (χ3v) is 16.2. The molecule has 0 fully saturated rings. The average molecular weight is 279 g/mol. The predicted molar refractivity (Wildman–Crippen MR) is 62.2 cm³/mol. The maximum absolute atomic E-state index is 11.9. The molecule has 0 aromatic heterocycles. The van der Waals surface area contributed by atoms with Gasteiger partial charge < -0.3 is 8.23 Å². The van der Waals surface area contributed by atoms with E-state index in [1.54, 1.807) is 0 Å². The van der Waals surface area contributed by atoms with E-state index in [1.165, 1.54) is 0 Å². The molecule has 14 heavy (non-hydrogen) atoms. The van der Waals surface area contributed by atoms with Gasteiger partial charge in [-0.1, -0.05) is 0 Å². The molecule has 0 saturated carbocycles. The fourth-order valence-corrected chi connectivity index (χ4v) is 13.3. The van der Waals surface area contributed by atoms with E-state index < -0.39 is 39.5 Å². The van der Waals surface area contributed by atoms with E-state index in [4.69, 9.17) is 8.23 Å². The van der Waals surface area contributed by atoms with E-state index in [1.807, 2.05) is 13.1 Å². The lowest BCUT2D eigenvalue weighted by atomic mass is 10.5. The van der Waals surface area contributed by atoms with Crippen molar-refractivity contribution >= 4 is 37.4 Å². The van der Waals surface area contributed by atoms with Crippen LogP contribution in [0.3, 0.4) is 0 Å². The molecule has 0 radical (unpaired) electrons. The van der Waals surface area contributed by atoms with Crippen LogP contribution in [-0.4, -0.2) is 43.5 Å². The summed E-state index contributed by atoms with van der Waals surface area (Å²) in [7, 11) is -2.86. The Balaban J connectivity index is 3.69. The van der Waals surface area contributed by atoms with Crippen molar-refractivity contribution < 1.29 is 21.4 Å². The number of hydrogen-bond donors (Lipinski definition) is 0. The Bertz CT molecular complexity index is 154. The molecule has 0 saturated heterocycles. The summed E-state index contributed by atoms with van der Waals surface area (Å²) in [5.74, 6) is 0. The van der Waals surface area contributed by atoms with Crippen molar-refractivity contribution in [2.24, 2.45) is 0 Å². The minimum absolute atomic E-state index is 0.209. The van der Waals surface area contributed by atoms with Crippen LogP contribution in [0, 0.1) is 0 Å². The molecular formula is C5H17F3O2Si4. The van der Waals surface area contributed by atoms with Crippen molar-refractivity contribution in [3.05, 3.63) is 0 Å². The van der Waals surface area contributed by atoms with Crippen LogP contribution < -0.4 is 0 Å². The first-order valence-electron chi connectivity index (χ1n) is 4.56. The van der Waals surface area contributed by atoms with Gasteiger partial charge in [0, 0.05) is 6.42 Å². The van der Waals surface area contributed by atoms with E-state index in [-0.39, 0.29) is 6.04 Å². The van der Waals surface area contributed by atoms with Crippen molar-refractivity contribution in [2.45, 2.75) is 31.7 Å². The molecule has 0 amide bonds. The summed E-state index contributed by atoms with van der Waals surface area (Å²) < 4.78 is 46.5. The second-order valence-electron chi connectivity index (χ2n) is 3.39. The van der Waals surface area contributed by atoms with Crippen LogP contribution >= 0.6 is 0 Å². The molecule has 0 aromatic carbocycles. The van der Waals surface area contributed by atoms with Crippen molar-refractivity contribution in [1.82, 2.24) is 0 Å². The predicted octanol–water partition coefficient (Wildman–Crippen LogP) is -0.460. The van der Waals surface area contributed by atoms with Gasteiger partial charge in [0.1, 0.15) is 10.5 Å². The number of alkyl halides is 3. The zero-order chi connectivity index (χ0) is 11.2. The molecule has 0 aromatic rings. The Labute approximate surface area is 90.9 Å². The fraction of sp³-hybridized carbons (Fsp3) is 1.00. The Morgan fingerprint density at radius 1 is 1.36 bits per heavy atom. The zero-order valence-corrected chi connectivity index (χ0v) is 14.5. The smallest absolute Gasteiger partial charge is 0.388 e. The average Bonchev–Trinajstić information content (AvgIpc) is 2.02. The van der Waals surface area contributed by atoms with E-state index in [9.17, 15) is 13.2 Å². The monoisotopic (exact) mass is 278 g/mol. The van der Waals surface area contributed by atoms with Crippen molar-refractivity contribution in [3.63, 3.8) is 0 Å². The topological polar surface area (TPSA) is 18.5 Å². The molecule has 86 valence electrons. The molecule has 0 aliphatic carbocycles. The van der Waals surface area contributed by atoms with Gasteiger partial charge in [-0.2, -0.15) is 13.2 Å². The van der Waals surface area contributed by atoms with Gasteiger partial charge in [-0.15, -0.1) is 0 Å². The third-order valence-electron chi connectivity index (χ3n) is 1.70. The first kappa shape index (κ1) is 14.6. The van der Waals surface area contributed by atoms with Crippen LogP contribution in [0.15, 0.2) is 0 Å². The van der Waals surface area contributed by atoms with Crippen molar-refractivity contribution in [1.29, 1.82) is 0 Å². The number of rotatable bonds is 6. The normalized spacial score (nSPS) is 15.9. The Morgan fingerprint density at radius 3 is 2.29 bits per heavy atom. The van der Waals surface area contributed by atoms with Crippen molar-refractivity contribution in [2.75, 3.05) is 0 Å². The standard InChI is InChI=1S/C5H17F3O2Si4/c1-13(2)10-12-14(9-11)4-3-5(6,7)8/h13-14H,3-4,12H2,1-2,11H3. The largest absolute Gasteiger partial charge is 0.466 e. The quantitative estimate of drug-likeness (QED) is 0.612. The Kier molecular flexibility index (Phi) is 7.24. The molecule has 0 spiro atoms. The molecule has 0 heterocycles. The SMILES string of the molecule is C[SiH](C)O[SiH2][SiH](CCC(F)(F)F)O[SiH3]. The second kappa shape index (κ2) is 6.95. The molecule has 0 N–H and O–H groups in total. The fourth-order valence-electron chi connectivity index (χ4n) is 0.894. The Morgan fingerprint density at radius 2 is 1.93 bits per heavy atom. The highest BCUT2D eigenvalue weighted by Crippen LogP contribution is 2.22. The third kappa shape index (κ3) is 9.15. The van der Waals surface area contributed by atoms with Gasteiger partial charge >= 0.3 is 6.18 Å². The highest BCUT2D eigenvalue weighted by molar-refractivity contribution is 7.08. The summed E-state index contributed by atoms with van der Waals surface area (Å²) >= 11 is 0. The number of halogens is 3. The molecule has 1 atom stereocenters. The summed E-state index contributed by atoms with van der Waals surface area (Å²) in [4.78, 5) is 0. The van der Waals surface area contributed by atoms with Gasteiger partial charge in [0.2, 0.25) is 0 Å². The molecule has 0 aliphatic heterocycles. The van der Waals surface area contributed by atoms with Crippen LogP contribution in [0.2, 0.25) is 19.1 Å². The summed E-state index contributed by atoms with van der Waals surface area (Å²) in [5.41, 5.74) is 0. The number of hydrogen-bond acceptors (Lipinski definition) is 2. The summed E-state index contributed by atoms with van der Waals surface area (Å²) in [6, 6.07) is 0.209. The molecule has 0 rings (SSSR count). The van der Waals surface area contributed by atoms with Gasteiger partial charge in [0.05, 0.1) is 0 Å².